The van der Waals surface area contributed by atoms with Gasteiger partial charge in [-0.05, 0) is 24.6 Å². The molecule has 0 bridgehead atoms. The van der Waals surface area contributed by atoms with Crippen LogP contribution < -0.4 is 4.90 Å². The molecule has 2 aromatic rings. The first kappa shape index (κ1) is 13.8. The van der Waals surface area contributed by atoms with Crippen molar-refractivity contribution < 1.29 is 14.3 Å². The van der Waals surface area contributed by atoms with Crippen LogP contribution in [-0.4, -0.2) is 23.4 Å². The van der Waals surface area contributed by atoms with Crippen molar-refractivity contribution in [2.75, 3.05) is 11.4 Å². The maximum atomic E-state index is 12.0. The second-order valence-electron chi connectivity index (χ2n) is 4.74. The highest BCUT2D eigenvalue weighted by Crippen LogP contribution is 2.22. The minimum absolute atomic E-state index is 0.102. The second kappa shape index (κ2) is 6.05. The molecule has 1 aliphatic heterocycles. The lowest BCUT2D eigenvalue weighted by atomic mass is 10.2. The number of benzene rings is 1. The standard InChI is InChI=1S/C15H14N2O3S/c18-14-5-2-6-17(14)12-4-1-3-11(7-12)15(19)20-9-13-8-16-10-21-13/h1,3-4,7-8,10H,2,5-6,9H2. The second-order valence-corrected chi connectivity index (χ2v) is 5.71. The van der Waals surface area contributed by atoms with Gasteiger partial charge >= 0.3 is 5.97 Å². The number of ether oxygens (including phenoxy) is 1. The van der Waals surface area contributed by atoms with Gasteiger partial charge in [-0.2, -0.15) is 0 Å². The van der Waals surface area contributed by atoms with Gasteiger partial charge in [-0.25, -0.2) is 4.79 Å². The van der Waals surface area contributed by atoms with Crippen molar-refractivity contribution in [1.29, 1.82) is 0 Å². The molecule has 0 unspecified atom stereocenters. The zero-order valence-corrected chi connectivity index (χ0v) is 12.1. The summed E-state index contributed by atoms with van der Waals surface area (Å²) in [5.74, 6) is -0.290. The molecule has 21 heavy (non-hydrogen) atoms. The van der Waals surface area contributed by atoms with Gasteiger partial charge in [-0.1, -0.05) is 6.07 Å². The maximum Gasteiger partial charge on any atom is 0.338 e. The van der Waals surface area contributed by atoms with E-state index < -0.39 is 5.97 Å². The lowest BCUT2D eigenvalue weighted by Gasteiger charge is -2.16. The van der Waals surface area contributed by atoms with Gasteiger partial charge < -0.3 is 9.64 Å². The highest BCUT2D eigenvalue weighted by Gasteiger charge is 2.22. The molecular formula is C15H14N2O3S. The van der Waals surface area contributed by atoms with Gasteiger partial charge in [0.2, 0.25) is 5.91 Å². The first-order chi connectivity index (χ1) is 10.2. The highest BCUT2D eigenvalue weighted by molar-refractivity contribution is 7.09. The van der Waals surface area contributed by atoms with E-state index in [0.29, 0.717) is 18.5 Å². The van der Waals surface area contributed by atoms with Crippen LogP contribution in [0.3, 0.4) is 0 Å². The molecule has 1 fully saturated rings. The topological polar surface area (TPSA) is 59.5 Å². The third kappa shape index (κ3) is 3.11. The Labute approximate surface area is 126 Å². The molecule has 1 aliphatic rings. The van der Waals surface area contributed by atoms with Crippen molar-refractivity contribution >= 4 is 28.9 Å². The van der Waals surface area contributed by atoms with E-state index in [2.05, 4.69) is 4.98 Å². The smallest absolute Gasteiger partial charge is 0.338 e. The van der Waals surface area contributed by atoms with E-state index in [9.17, 15) is 9.59 Å². The molecule has 0 atom stereocenters. The van der Waals surface area contributed by atoms with Crippen LogP contribution in [0.4, 0.5) is 5.69 Å². The Morgan fingerprint density at radius 2 is 2.33 bits per heavy atom. The molecule has 108 valence electrons. The SMILES string of the molecule is O=C(OCc1cncs1)c1cccc(N2CCCC2=O)c1. The molecule has 1 aromatic heterocycles. The summed E-state index contributed by atoms with van der Waals surface area (Å²) < 4.78 is 5.24. The number of hydrogen-bond donors (Lipinski definition) is 0. The Hall–Kier alpha value is -2.21. The summed E-state index contributed by atoms with van der Waals surface area (Å²) in [6, 6.07) is 7.00. The fourth-order valence-corrected chi connectivity index (χ4v) is 2.76. The largest absolute Gasteiger partial charge is 0.456 e. The van der Waals surface area contributed by atoms with Crippen LogP contribution >= 0.6 is 11.3 Å². The quantitative estimate of drug-likeness (QED) is 0.815. The predicted octanol–water partition coefficient (Wildman–Crippen LogP) is 2.63. The molecule has 5 nitrogen and oxygen atoms in total. The van der Waals surface area contributed by atoms with Crippen LogP contribution in [0.1, 0.15) is 28.1 Å². The minimum Gasteiger partial charge on any atom is -0.456 e. The predicted molar refractivity (Wildman–Crippen MR) is 79.3 cm³/mol. The summed E-state index contributed by atoms with van der Waals surface area (Å²) in [6.45, 7) is 0.925. The highest BCUT2D eigenvalue weighted by atomic mass is 32.1. The number of hydrogen-bond acceptors (Lipinski definition) is 5. The van der Waals surface area contributed by atoms with E-state index in [1.54, 1.807) is 34.8 Å². The molecule has 1 saturated heterocycles. The van der Waals surface area contributed by atoms with E-state index in [0.717, 1.165) is 17.0 Å². The fraction of sp³-hybridized carbons (Fsp3) is 0.267. The monoisotopic (exact) mass is 302 g/mol. The van der Waals surface area contributed by atoms with Crippen LogP contribution in [0.5, 0.6) is 0 Å². The van der Waals surface area contributed by atoms with Gasteiger partial charge in [0.05, 0.1) is 16.0 Å². The van der Waals surface area contributed by atoms with Crippen molar-refractivity contribution in [2.45, 2.75) is 19.4 Å². The summed E-state index contributed by atoms with van der Waals surface area (Å²) >= 11 is 1.44. The van der Waals surface area contributed by atoms with Gasteiger partial charge in [0.1, 0.15) is 6.61 Å². The third-order valence-corrected chi connectivity index (χ3v) is 4.05. The van der Waals surface area contributed by atoms with Crippen LogP contribution in [0.25, 0.3) is 0 Å². The number of esters is 1. The number of anilines is 1. The van der Waals surface area contributed by atoms with Gasteiger partial charge in [0.25, 0.3) is 0 Å². The third-order valence-electron chi connectivity index (χ3n) is 3.30. The normalized spacial score (nSPS) is 14.5. The molecule has 0 aliphatic carbocycles. The van der Waals surface area contributed by atoms with Crippen LogP contribution in [0, 0.1) is 0 Å². The molecule has 0 spiro atoms. The number of nitrogens with zero attached hydrogens (tertiary/aromatic N) is 2. The Bertz CT molecular complexity index is 655. The van der Waals surface area contributed by atoms with E-state index in [4.69, 9.17) is 4.74 Å². The van der Waals surface area contributed by atoms with Crippen molar-refractivity contribution in [1.82, 2.24) is 4.98 Å². The molecule has 0 radical (unpaired) electrons. The summed E-state index contributed by atoms with van der Waals surface area (Å²) in [6.07, 6.45) is 3.11. The molecule has 1 aromatic carbocycles. The zero-order chi connectivity index (χ0) is 14.7. The maximum absolute atomic E-state index is 12.0. The van der Waals surface area contributed by atoms with E-state index >= 15 is 0 Å². The summed E-state index contributed by atoms with van der Waals surface area (Å²) in [5, 5.41) is 0. The Morgan fingerprint density at radius 1 is 1.43 bits per heavy atom. The number of carbonyl (C=O) groups is 2. The Kier molecular flexibility index (Phi) is 3.96. The molecule has 0 saturated carbocycles. The average molecular weight is 302 g/mol. The Morgan fingerprint density at radius 3 is 3.05 bits per heavy atom. The Balaban J connectivity index is 1.70. The summed E-state index contributed by atoms with van der Waals surface area (Å²) in [7, 11) is 0. The number of amides is 1. The van der Waals surface area contributed by atoms with E-state index in [1.165, 1.54) is 11.3 Å². The van der Waals surface area contributed by atoms with Crippen molar-refractivity contribution in [2.24, 2.45) is 0 Å². The molecule has 6 heteroatoms. The molecule has 0 N–H and O–H groups in total. The lowest BCUT2D eigenvalue weighted by Crippen LogP contribution is -2.23. The first-order valence-electron chi connectivity index (χ1n) is 6.69. The van der Waals surface area contributed by atoms with E-state index in [-0.39, 0.29) is 12.5 Å². The molecular weight excluding hydrogens is 288 g/mol. The van der Waals surface area contributed by atoms with Gasteiger partial charge in [-0.15, -0.1) is 11.3 Å². The average Bonchev–Trinajstić information content (AvgIpc) is 3.16. The van der Waals surface area contributed by atoms with Crippen LogP contribution in [0.15, 0.2) is 36.0 Å². The summed E-state index contributed by atoms with van der Waals surface area (Å²) in [4.78, 5) is 30.3. The molecule has 1 amide bonds. The van der Waals surface area contributed by atoms with Crippen LogP contribution in [-0.2, 0) is 16.1 Å². The molecule has 2 heterocycles. The summed E-state index contributed by atoms with van der Waals surface area (Å²) in [5.41, 5.74) is 2.91. The van der Waals surface area contributed by atoms with Gasteiger partial charge in [0.15, 0.2) is 0 Å². The molecule has 3 rings (SSSR count). The van der Waals surface area contributed by atoms with Crippen molar-refractivity contribution in [3.05, 3.63) is 46.4 Å². The van der Waals surface area contributed by atoms with Gasteiger partial charge in [-0.3, -0.25) is 9.78 Å². The number of rotatable bonds is 4. The van der Waals surface area contributed by atoms with E-state index in [1.807, 2.05) is 6.07 Å². The first-order valence-corrected chi connectivity index (χ1v) is 7.57. The van der Waals surface area contributed by atoms with Crippen molar-refractivity contribution in [3.63, 3.8) is 0 Å². The minimum atomic E-state index is -0.392. The number of carbonyl (C=O) groups excluding carboxylic acids is 2. The van der Waals surface area contributed by atoms with Crippen LogP contribution in [0.2, 0.25) is 0 Å². The fourth-order valence-electron chi connectivity index (χ4n) is 2.26. The van der Waals surface area contributed by atoms with Crippen molar-refractivity contribution in [3.8, 4) is 0 Å². The van der Waals surface area contributed by atoms with Gasteiger partial charge in [0, 0.05) is 24.8 Å². The lowest BCUT2D eigenvalue weighted by molar-refractivity contribution is -0.117. The number of aromatic nitrogens is 1. The zero-order valence-electron chi connectivity index (χ0n) is 11.3. The number of thiazole rings is 1.